The molecule has 1 aromatic carbocycles. The van der Waals surface area contributed by atoms with Crippen LogP contribution < -0.4 is 0 Å². The molecule has 1 atom stereocenters. The summed E-state index contributed by atoms with van der Waals surface area (Å²) < 4.78 is 0. The van der Waals surface area contributed by atoms with Crippen LogP contribution in [-0.2, 0) is 6.42 Å². The van der Waals surface area contributed by atoms with Crippen LogP contribution in [0, 0.1) is 0 Å². The number of aromatic nitrogens is 1. The Bertz CT molecular complexity index is 547. The maximum absolute atomic E-state index is 12.1. The number of thiazole rings is 1. The molecule has 0 radical (unpaired) electrons. The Kier molecular flexibility index (Phi) is 3.24. The Morgan fingerprint density at radius 2 is 2.28 bits per heavy atom. The molecule has 3 heteroatoms. The first-order valence-electron chi connectivity index (χ1n) is 6.34. The van der Waals surface area contributed by atoms with Crippen LogP contribution in [0.2, 0.25) is 0 Å². The molecule has 3 rings (SSSR count). The highest BCUT2D eigenvalue weighted by molar-refractivity contribution is 7.07. The molecular weight excluding hydrogens is 242 g/mol. The zero-order valence-corrected chi connectivity index (χ0v) is 11.0. The average Bonchev–Trinajstić information content (AvgIpc) is 2.93. The third-order valence-corrected chi connectivity index (χ3v) is 4.23. The maximum Gasteiger partial charge on any atom is 0.182 e. The van der Waals surface area contributed by atoms with Gasteiger partial charge < -0.3 is 0 Å². The van der Waals surface area contributed by atoms with Gasteiger partial charge in [0, 0.05) is 11.8 Å². The van der Waals surface area contributed by atoms with Gasteiger partial charge in [-0.25, -0.2) is 4.98 Å². The average molecular weight is 257 g/mol. The third-order valence-electron chi connectivity index (χ3n) is 3.64. The summed E-state index contributed by atoms with van der Waals surface area (Å²) in [7, 11) is 0. The number of hydrogen-bond acceptors (Lipinski definition) is 3. The minimum Gasteiger partial charge on any atom is -0.292 e. The summed E-state index contributed by atoms with van der Waals surface area (Å²) in [5.74, 6) is 0.558. The van der Waals surface area contributed by atoms with Gasteiger partial charge in [-0.05, 0) is 36.3 Å². The largest absolute Gasteiger partial charge is 0.292 e. The van der Waals surface area contributed by atoms with Crippen molar-refractivity contribution in [3.05, 3.63) is 52.0 Å². The minimum absolute atomic E-state index is 0.179. The Morgan fingerprint density at radius 3 is 3.11 bits per heavy atom. The molecule has 0 saturated carbocycles. The Hall–Kier alpha value is -1.48. The van der Waals surface area contributed by atoms with Crippen LogP contribution in [0.25, 0.3) is 0 Å². The fraction of sp³-hybridized carbons (Fsp3) is 0.333. The lowest BCUT2D eigenvalue weighted by Crippen LogP contribution is -2.14. The van der Waals surface area contributed by atoms with Crippen molar-refractivity contribution in [2.45, 2.75) is 31.6 Å². The summed E-state index contributed by atoms with van der Waals surface area (Å²) in [6.07, 6.45) is 4.05. The second kappa shape index (κ2) is 5.02. The van der Waals surface area contributed by atoms with E-state index in [1.807, 2.05) is 5.38 Å². The molecule has 18 heavy (non-hydrogen) atoms. The Morgan fingerprint density at radius 1 is 1.39 bits per heavy atom. The van der Waals surface area contributed by atoms with Gasteiger partial charge >= 0.3 is 0 Å². The van der Waals surface area contributed by atoms with Crippen LogP contribution in [0.5, 0.6) is 0 Å². The number of ketones is 1. The number of nitrogens with zero attached hydrogens (tertiary/aromatic N) is 1. The van der Waals surface area contributed by atoms with Gasteiger partial charge in [0.1, 0.15) is 5.69 Å². The number of benzene rings is 1. The lowest BCUT2D eigenvalue weighted by molar-refractivity contribution is 0.0967. The van der Waals surface area contributed by atoms with Gasteiger partial charge in [-0.2, -0.15) is 0 Å². The quantitative estimate of drug-likeness (QED) is 0.782. The summed E-state index contributed by atoms with van der Waals surface area (Å²) >= 11 is 1.48. The number of carbonyl (C=O) groups excluding carboxylic acids is 1. The first-order chi connectivity index (χ1) is 8.84. The van der Waals surface area contributed by atoms with Crippen molar-refractivity contribution in [2.75, 3.05) is 0 Å². The molecule has 1 unspecified atom stereocenters. The lowest BCUT2D eigenvalue weighted by atomic mass is 9.80. The molecule has 1 aliphatic carbocycles. The highest BCUT2D eigenvalue weighted by Gasteiger charge is 2.23. The fourth-order valence-corrected chi connectivity index (χ4v) is 3.30. The van der Waals surface area contributed by atoms with Crippen LogP contribution in [0.4, 0.5) is 0 Å². The van der Waals surface area contributed by atoms with Crippen LogP contribution in [0.15, 0.2) is 35.2 Å². The summed E-state index contributed by atoms with van der Waals surface area (Å²) in [6.45, 7) is 0. The van der Waals surface area contributed by atoms with E-state index < -0.39 is 0 Å². The van der Waals surface area contributed by atoms with Gasteiger partial charge in [-0.3, -0.25) is 4.79 Å². The number of hydrogen-bond donors (Lipinski definition) is 0. The van der Waals surface area contributed by atoms with Crippen LogP contribution in [0.1, 0.15) is 46.8 Å². The van der Waals surface area contributed by atoms with E-state index in [1.165, 1.54) is 28.9 Å². The highest BCUT2D eigenvalue weighted by atomic mass is 32.1. The molecule has 0 bridgehead atoms. The maximum atomic E-state index is 12.1. The molecule has 2 nitrogen and oxygen atoms in total. The number of rotatable bonds is 3. The molecule has 0 aliphatic heterocycles. The summed E-state index contributed by atoms with van der Waals surface area (Å²) in [4.78, 5) is 16.2. The van der Waals surface area contributed by atoms with Crippen molar-refractivity contribution in [2.24, 2.45) is 0 Å². The first kappa shape index (κ1) is 11.6. The van der Waals surface area contributed by atoms with Gasteiger partial charge in [0.25, 0.3) is 0 Å². The molecule has 1 aromatic heterocycles. The number of fused-ring (bicyclic) bond motifs is 1. The SMILES string of the molecule is O=C(CC1CCCc2ccccc21)c1cscn1. The van der Waals surface area contributed by atoms with Crippen molar-refractivity contribution in [3.8, 4) is 0 Å². The molecule has 1 aliphatic rings. The summed E-state index contributed by atoms with van der Waals surface area (Å²) in [5, 5.41) is 1.84. The summed E-state index contributed by atoms with van der Waals surface area (Å²) in [5.41, 5.74) is 5.14. The van der Waals surface area contributed by atoms with Gasteiger partial charge in [0.15, 0.2) is 5.78 Å². The van der Waals surface area contributed by atoms with Gasteiger partial charge in [-0.15, -0.1) is 11.3 Å². The molecule has 2 aromatic rings. The second-order valence-electron chi connectivity index (χ2n) is 4.79. The Labute approximate surface area is 111 Å². The van der Waals surface area contributed by atoms with Crippen molar-refractivity contribution in [3.63, 3.8) is 0 Å². The van der Waals surface area contributed by atoms with Crippen LogP contribution in [0.3, 0.4) is 0 Å². The van der Waals surface area contributed by atoms with Gasteiger partial charge in [0.05, 0.1) is 5.51 Å². The molecule has 0 N–H and O–H groups in total. The molecule has 0 spiro atoms. The van der Waals surface area contributed by atoms with Crippen LogP contribution >= 0.6 is 11.3 Å². The second-order valence-corrected chi connectivity index (χ2v) is 5.51. The molecule has 0 saturated heterocycles. The first-order valence-corrected chi connectivity index (χ1v) is 7.28. The van der Waals surface area contributed by atoms with Crippen molar-refractivity contribution < 1.29 is 4.79 Å². The van der Waals surface area contributed by atoms with E-state index in [0.29, 0.717) is 18.0 Å². The fourth-order valence-electron chi connectivity index (χ4n) is 2.75. The predicted molar refractivity (Wildman–Crippen MR) is 73.2 cm³/mol. The van der Waals surface area contributed by atoms with E-state index in [4.69, 9.17) is 0 Å². The number of aryl methyl sites for hydroxylation is 1. The molecule has 0 amide bonds. The van der Waals surface area contributed by atoms with Crippen molar-refractivity contribution in [1.82, 2.24) is 4.98 Å². The zero-order valence-electron chi connectivity index (χ0n) is 10.1. The van der Waals surface area contributed by atoms with E-state index in [9.17, 15) is 4.79 Å². The molecule has 92 valence electrons. The van der Waals surface area contributed by atoms with Crippen molar-refractivity contribution in [1.29, 1.82) is 0 Å². The zero-order chi connectivity index (χ0) is 12.4. The highest BCUT2D eigenvalue weighted by Crippen LogP contribution is 2.34. The smallest absolute Gasteiger partial charge is 0.182 e. The minimum atomic E-state index is 0.179. The van der Waals surface area contributed by atoms with E-state index >= 15 is 0 Å². The Balaban J connectivity index is 1.80. The molecule has 0 fully saturated rings. The molecule has 1 heterocycles. The van der Waals surface area contributed by atoms with Crippen molar-refractivity contribution >= 4 is 17.1 Å². The van der Waals surface area contributed by atoms with E-state index in [-0.39, 0.29) is 5.78 Å². The molecular formula is C15H15NOS. The third kappa shape index (κ3) is 2.23. The van der Waals surface area contributed by atoms with Gasteiger partial charge in [0.2, 0.25) is 0 Å². The standard InChI is InChI=1S/C15H15NOS/c17-15(14-9-18-10-16-14)8-12-6-3-5-11-4-1-2-7-13(11)12/h1-2,4,7,9-10,12H,3,5-6,8H2. The normalized spacial score (nSPS) is 18.3. The van der Waals surface area contributed by atoms with E-state index in [2.05, 4.69) is 29.2 Å². The topological polar surface area (TPSA) is 30.0 Å². The number of Topliss-reactive ketones (excluding diaryl/α,β-unsaturated/α-hetero) is 1. The van der Waals surface area contributed by atoms with E-state index in [0.717, 1.165) is 12.8 Å². The van der Waals surface area contributed by atoms with E-state index in [1.54, 1.807) is 5.51 Å². The lowest BCUT2D eigenvalue weighted by Gasteiger charge is -2.24. The van der Waals surface area contributed by atoms with Crippen LogP contribution in [-0.4, -0.2) is 10.8 Å². The predicted octanol–water partition coefficient (Wildman–Crippen LogP) is 3.84. The monoisotopic (exact) mass is 257 g/mol. The summed E-state index contributed by atoms with van der Waals surface area (Å²) in [6, 6.07) is 8.52. The van der Waals surface area contributed by atoms with Gasteiger partial charge in [-0.1, -0.05) is 24.3 Å². The number of carbonyl (C=O) groups is 1.